The van der Waals surface area contributed by atoms with Crippen LogP contribution in [0.3, 0.4) is 0 Å². The molecule has 0 aliphatic carbocycles. The van der Waals surface area contributed by atoms with E-state index < -0.39 is 0 Å². The Balaban J connectivity index is 1.85. The second kappa shape index (κ2) is 8.01. The zero-order valence-corrected chi connectivity index (χ0v) is 14.3. The minimum atomic E-state index is -0.244. The van der Waals surface area contributed by atoms with Crippen LogP contribution in [0.4, 0.5) is 0 Å². The lowest BCUT2D eigenvalue weighted by Crippen LogP contribution is -2.40. The summed E-state index contributed by atoms with van der Waals surface area (Å²) >= 11 is 0. The van der Waals surface area contributed by atoms with Crippen molar-refractivity contribution < 1.29 is 14.4 Å². The third-order valence-electron chi connectivity index (χ3n) is 3.40. The second-order valence-corrected chi connectivity index (χ2v) is 6.97. The van der Waals surface area contributed by atoms with Crippen molar-refractivity contribution in [1.82, 2.24) is 20.4 Å². The average molecular weight is 332 g/mol. The molecule has 0 fully saturated rings. The molecule has 0 saturated heterocycles. The maximum absolute atomic E-state index is 12.0. The fraction of sp³-hybridized carbons (Fsp3) is 0.529. The molecule has 7 heteroatoms. The molecule has 130 valence electrons. The summed E-state index contributed by atoms with van der Waals surface area (Å²) in [5.41, 5.74) is 0.800. The van der Waals surface area contributed by atoms with Crippen LogP contribution in [-0.4, -0.2) is 38.8 Å². The van der Waals surface area contributed by atoms with Crippen molar-refractivity contribution in [1.29, 1.82) is 0 Å². The number of aromatic nitrogens is 3. The normalized spacial score (nSPS) is 12.8. The van der Waals surface area contributed by atoms with Gasteiger partial charge >= 0.3 is 0 Å². The average Bonchev–Trinajstić information content (AvgIpc) is 3.01. The molecule has 2 rings (SSSR count). The van der Waals surface area contributed by atoms with Crippen LogP contribution in [-0.2, 0) is 11.2 Å². The Bertz CT molecular complexity index is 649. The highest BCUT2D eigenvalue weighted by Crippen LogP contribution is 2.20. The molecular weight excluding hydrogens is 308 g/mol. The summed E-state index contributed by atoms with van der Waals surface area (Å²) in [6.07, 6.45) is 4.62. The lowest BCUT2D eigenvalue weighted by Gasteiger charge is -2.25. The molecule has 0 spiro atoms. The Kier molecular flexibility index (Phi) is 6.03. The highest BCUT2D eigenvalue weighted by atomic mass is 16.5. The van der Waals surface area contributed by atoms with E-state index in [-0.39, 0.29) is 30.4 Å². The largest absolute Gasteiger partial charge is 0.394 e. The van der Waals surface area contributed by atoms with Crippen LogP contribution >= 0.6 is 0 Å². The highest BCUT2D eigenvalue weighted by Gasteiger charge is 2.20. The Morgan fingerprint density at radius 1 is 1.42 bits per heavy atom. The van der Waals surface area contributed by atoms with Crippen LogP contribution in [0.15, 0.2) is 29.0 Å². The van der Waals surface area contributed by atoms with Gasteiger partial charge in [-0.15, -0.1) is 0 Å². The number of hydrogen-bond donors (Lipinski definition) is 2. The zero-order valence-electron chi connectivity index (χ0n) is 14.3. The van der Waals surface area contributed by atoms with Gasteiger partial charge in [-0.1, -0.05) is 25.9 Å². The van der Waals surface area contributed by atoms with Crippen molar-refractivity contribution >= 4 is 5.91 Å². The molecule has 0 radical (unpaired) electrons. The van der Waals surface area contributed by atoms with Gasteiger partial charge in [0.2, 0.25) is 17.6 Å². The van der Waals surface area contributed by atoms with E-state index in [1.54, 1.807) is 18.5 Å². The minimum Gasteiger partial charge on any atom is -0.394 e. The van der Waals surface area contributed by atoms with Crippen LogP contribution in [0, 0.1) is 5.41 Å². The van der Waals surface area contributed by atoms with E-state index in [1.165, 1.54) is 0 Å². The standard InChI is InChI=1S/C17H24N4O3/c1-17(2,3)9-13(11-22)19-14(23)6-7-15-20-16(21-24-15)12-5-4-8-18-10-12/h4-5,8,10,13,22H,6-7,9,11H2,1-3H3,(H,19,23). The first kappa shape index (κ1) is 18.1. The van der Waals surface area contributed by atoms with Gasteiger partial charge in [-0.05, 0) is 24.0 Å². The van der Waals surface area contributed by atoms with Crippen LogP contribution in [0.1, 0.15) is 39.5 Å². The van der Waals surface area contributed by atoms with E-state index in [2.05, 4.69) is 41.2 Å². The van der Waals surface area contributed by atoms with Gasteiger partial charge in [-0.25, -0.2) is 0 Å². The first-order valence-corrected chi connectivity index (χ1v) is 8.00. The van der Waals surface area contributed by atoms with Gasteiger partial charge in [0.1, 0.15) is 0 Å². The molecule has 0 bridgehead atoms. The number of hydrogen-bond acceptors (Lipinski definition) is 6. The molecule has 1 atom stereocenters. The molecule has 2 aromatic heterocycles. The number of aliphatic hydroxyl groups excluding tert-OH is 1. The minimum absolute atomic E-state index is 0.0335. The monoisotopic (exact) mass is 332 g/mol. The first-order valence-electron chi connectivity index (χ1n) is 8.00. The van der Waals surface area contributed by atoms with E-state index in [0.717, 1.165) is 5.56 Å². The molecular formula is C17H24N4O3. The SMILES string of the molecule is CC(C)(C)CC(CO)NC(=O)CCc1nc(-c2cccnc2)no1. The van der Waals surface area contributed by atoms with Crippen molar-refractivity contribution in [3.8, 4) is 11.4 Å². The van der Waals surface area contributed by atoms with E-state index in [1.807, 2.05) is 6.07 Å². The summed E-state index contributed by atoms with van der Waals surface area (Å²) < 4.78 is 5.16. The van der Waals surface area contributed by atoms with Gasteiger partial charge in [-0.2, -0.15) is 4.98 Å². The molecule has 2 heterocycles. The number of rotatable bonds is 7. The number of amides is 1. The highest BCUT2D eigenvalue weighted by molar-refractivity contribution is 5.76. The van der Waals surface area contributed by atoms with Gasteiger partial charge in [0.25, 0.3) is 0 Å². The number of carbonyl (C=O) groups excluding carboxylic acids is 1. The second-order valence-electron chi connectivity index (χ2n) is 6.97. The van der Waals surface area contributed by atoms with Gasteiger partial charge in [0.05, 0.1) is 12.6 Å². The third-order valence-corrected chi connectivity index (χ3v) is 3.40. The van der Waals surface area contributed by atoms with Gasteiger partial charge in [-0.3, -0.25) is 9.78 Å². The summed E-state index contributed by atoms with van der Waals surface area (Å²) in [5, 5.41) is 16.1. The Morgan fingerprint density at radius 3 is 2.83 bits per heavy atom. The van der Waals surface area contributed by atoms with Crippen LogP contribution in [0.25, 0.3) is 11.4 Å². The van der Waals surface area contributed by atoms with Crippen molar-refractivity contribution in [3.05, 3.63) is 30.4 Å². The molecule has 0 aromatic carbocycles. The topological polar surface area (TPSA) is 101 Å². The summed E-state index contributed by atoms with van der Waals surface area (Å²) in [4.78, 5) is 20.3. The Morgan fingerprint density at radius 2 is 2.21 bits per heavy atom. The molecule has 7 nitrogen and oxygen atoms in total. The summed E-state index contributed by atoms with van der Waals surface area (Å²) in [6, 6.07) is 3.39. The molecule has 1 unspecified atom stereocenters. The van der Waals surface area contributed by atoms with E-state index >= 15 is 0 Å². The van der Waals surface area contributed by atoms with Crippen molar-refractivity contribution in [2.24, 2.45) is 5.41 Å². The predicted octanol–water partition coefficient (Wildman–Crippen LogP) is 1.98. The molecule has 2 aromatic rings. The fourth-order valence-corrected chi connectivity index (χ4v) is 2.39. The number of carbonyl (C=O) groups is 1. The maximum atomic E-state index is 12.0. The fourth-order valence-electron chi connectivity index (χ4n) is 2.39. The van der Waals surface area contributed by atoms with Gasteiger partial charge < -0.3 is 14.9 Å². The number of nitrogens with zero attached hydrogens (tertiary/aromatic N) is 3. The zero-order chi connectivity index (χ0) is 17.6. The molecule has 0 aliphatic heterocycles. The molecule has 0 aliphatic rings. The lowest BCUT2D eigenvalue weighted by atomic mass is 9.88. The lowest BCUT2D eigenvalue weighted by molar-refractivity contribution is -0.122. The quantitative estimate of drug-likeness (QED) is 0.804. The molecule has 1 amide bonds. The first-order chi connectivity index (χ1) is 11.4. The van der Waals surface area contributed by atoms with Crippen molar-refractivity contribution in [2.75, 3.05) is 6.61 Å². The van der Waals surface area contributed by atoms with E-state index in [4.69, 9.17) is 4.52 Å². The van der Waals surface area contributed by atoms with E-state index in [0.29, 0.717) is 24.6 Å². The molecule has 24 heavy (non-hydrogen) atoms. The van der Waals surface area contributed by atoms with E-state index in [9.17, 15) is 9.90 Å². The van der Waals surface area contributed by atoms with Crippen molar-refractivity contribution in [3.63, 3.8) is 0 Å². The van der Waals surface area contributed by atoms with Gasteiger partial charge in [0.15, 0.2) is 0 Å². The number of pyridine rings is 1. The smallest absolute Gasteiger partial charge is 0.227 e. The molecule has 2 N–H and O–H groups in total. The van der Waals surface area contributed by atoms with Crippen LogP contribution < -0.4 is 5.32 Å². The summed E-state index contributed by atoms with van der Waals surface area (Å²) in [5.74, 6) is 0.722. The number of nitrogens with one attached hydrogen (secondary N) is 1. The number of aryl methyl sites for hydroxylation is 1. The van der Waals surface area contributed by atoms with Crippen molar-refractivity contribution in [2.45, 2.75) is 46.1 Å². The Labute approximate surface area is 141 Å². The van der Waals surface area contributed by atoms with Crippen LogP contribution in [0.2, 0.25) is 0 Å². The maximum Gasteiger partial charge on any atom is 0.227 e. The molecule has 0 saturated carbocycles. The third kappa shape index (κ3) is 5.73. The van der Waals surface area contributed by atoms with Crippen LogP contribution in [0.5, 0.6) is 0 Å². The van der Waals surface area contributed by atoms with Gasteiger partial charge in [0, 0.05) is 30.8 Å². The number of aliphatic hydroxyl groups is 1. The summed E-state index contributed by atoms with van der Waals surface area (Å²) in [7, 11) is 0. The predicted molar refractivity (Wildman–Crippen MR) is 88.9 cm³/mol. The summed E-state index contributed by atoms with van der Waals surface area (Å²) in [6.45, 7) is 6.13. The Hall–Kier alpha value is -2.28.